The number of rotatable bonds is 0. The van der Waals surface area contributed by atoms with Crippen LogP contribution in [0.25, 0.3) is 0 Å². The molecule has 5 nitrogen and oxygen atoms in total. The van der Waals surface area contributed by atoms with Gasteiger partial charge in [-0.3, -0.25) is 4.57 Å². The molecule has 0 aliphatic heterocycles. The van der Waals surface area contributed by atoms with Gasteiger partial charge in [0, 0.05) is 0 Å². The fraction of sp³-hybridized carbons (Fsp3) is 0.500. The summed E-state index contributed by atoms with van der Waals surface area (Å²) in [6.45, 7) is 4.21. The van der Waals surface area contributed by atoms with Crippen LogP contribution >= 0.6 is 8.25 Å². The normalized spacial score (nSPS) is 11.4. The monoisotopic (exact) mass is 278 g/mol. The maximum atomic E-state index is 8.74. The molecule has 0 aromatic heterocycles. The highest BCUT2D eigenvalue weighted by Gasteiger charge is 1.95. The topological polar surface area (TPSA) is 128 Å². The highest BCUT2D eigenvalue weighted by molar-refractivity contribution is 7.30. The van der Waals surface area contributed by atoms with E-state index in [0.717, 1.165) is 0 Å². The zero-order chi connectivity index (χ0) is 12.4. The Hall–Kier alpha value is -0.710. The third kappa shape index (κ3) is 17.7. The molecule has 0 atom stereocenters. The van der Waals surface area contributed by atoms with Crippen molar-refractivity contribution in [3.8, 4) is 0 Å². The molecule has 1 aromatic carbocycles. The van der Waals surface area contributed by atoms with E-state index in [0.29, 0.717) is 0 Å². The lowest BCUT2D eigenvalue weighted by molar-refractivity contribution is 0.405. The molecule has 0 bridgehead atoms. The fourth-order valence-electron chi connectivity index (χ4n) is 1.06. The van der Waals surface area contributed by atoms with Crippen molar-refractivity contribution in [2.75, 3.05) is 0 Å². The predicted molar refractivity (Wildman–Crippen MR) is 77.9 cm³/mol. The van der Waals surface area contributed by atoms with Crippen LogP contribution in [0.15, 0.2) is 24.3 Å². The molecule has 0 radical (unpaired) electrons. The Morgan fingerprint density at radius 1 is 0.944 bits per heavy atom. The predicted octanol–water partition coefficient (Wildman–Crippen LogP) is 3.55. The van der Waals surface area contributed by atoms with Gasteiger partial charge in [0.2, 0.25) is 0 Å². The first-order chi connectivity index (χ1) is 7.52. The van der Waals surface area contributed by atoms with Gasteiger partial charge in [-0.2, -0.15) is 0 Å². The number of hydrogen-bond donors (Lipinski definition) is 4. The van der Waals surface area contributed by atoms with Crippen LogP contribution in [0.5, 0.6) is 0 Å². The summed E-state index contributed by atoms with van der Waals surface area (Å²) in [5.74, 6) is 0. The molecule has 0 spiro atoms. The summed E-state index contributed by atoms with van der Waals surface area (Å²) in [5.41, 5.74) is 2.68. The Labute approximate surface area is 110 Å². The quantitative estimate of drug-likeness (QED) is 0.539. The Morgan fingerprint density at radius 2 is 1.22 bits per heavy atom. The summed E-state index contributed by atoms with van der Waals surface area (Å²) in [6.07, 6.45) is 6.00. The van der Waals surface area contributed by atoms with Crippen molar-refractivity contribution >= 4 is 8.25 Å². The van der Waals surface area contributed by atoms with E-state index < -0.39 is 8.25 Å². The number of benzene rings is 1. The molecule has 1 fully saturated rings. The van der Waals surface area contributed by atoms with E-state index in [2.05, 4.69) is 38.1 Å². The molecule has 2 rings (SSSR count). The zero-order valence-electron chi connectivity index (χ0n) is 11.4. The molecular formula is C12H27N2O3P. The van der Waals surface area contributed by atoms with E-state index >= 15 is 0 Å². The minimum atomic E-state index is -3.13. The second-order valence-corrected chi connectivity index (χ2v) is 4.42. The van der Waals surface area contributed by atoms with Gasteiger partial charge in [-0.1, -0.05) is 61.1 Å². The van der Waals surface area contributed by atoms with Gasteiger partial charge in [-0.15, -0.1) is 0 Å². The fourth-order valence-corrected chi connectivity index (χ4v) is 1.06. The van der Waals surface area contributed by atoms with Crippen LogP contribution in [0.4, 0.5) is 0 Å². The van der Waals surface area contributed by atoms with Crippen molar-refractivity contribution in [2.45, 2.75) is 39.5 Å². The van der Waals surface area contributed by atoms with Gasteiger partial charge >= 0.3 is 8.25 Å². The summed E-state index contributed by atoms with van der Waals surface area (Å²) < 4.78 is 8.74. The Kier molecular flexibility index (Phi) is 17.9. The van der Waals surface area contributed by atoms with Gasteiger partial charge in [0.1, 0.15) is 0 Å². The molecule has 1 aromatic rings. The summed E-state index contributed by atoms with van der Waals surface area (Å²) in [6, 6.07) is 8.45. The summed E-state index contributed by atoms with van der Waals surface area (Å²) in [4.78, 5) is 14.3. The maximum absolute atomic E-state index is 8.74. The molecule has 1 saturated carbocycles. The lowest BCUT2D eigenvalue weighted by atomic mass is 10.0. The smallest absolute Gasteiger partial charge is 0.314 e. The van der Waals surface area contributed by atoms with Crippen LogP contribution in [0.1, 0.15) is 36.8 Å². The highest BCUT2D eigenvalue weighted by Crippen LogP contribution is 2.15. The van der Waals surface area contributed by atoms with E-state index in [9.17, 15) is 0 Å². The lowest BCUT2D eigenvalue weighted by Gasteiger charge is -2.05. The third-order valence-electron chi connectivity index (χ3n) is 2.17. The molecule has 0 amide bonds. The minimum absolute atomic E-state index is 0. The van der Waals surface area contributed by atoms with Crippen LogP contribution in [0, 0.1) is 13.8 Å². The van der Waals surface area contributed by atoms with Gasteiger partial charge in [0.15, 0.2) is 0 Å². The summed E-state index contributed by atoms with van der Waals surface area (Å²) >= 11 is 0. The van der Waals surface area contributed by atoms with Crippen LogP contribution in [-0.2, 0) is 4.57 Å². The first-order valence-electron chi connectivity index (χ1n) is 5.47. The summed E-state index contributed by atoms with van der Waals surface area (Å²) in [7, 11) is -3.13. The van der Waals surface area contributed by atoms with E-state index in [1.54, 1.807) is 0 Å². The zero-order valence-corrected chi connectivity index (χ0v) is 12.4. The SMILES string of the molecule is C1CCC1.Cc1cccc(C)c1.N.N.O=[PH](O)O. The molecule has 108 valence electrons. The van der Waals surface area contributed by atoms with Gasteiger partial charge in [-0.25, -0.2) is 0 Å². The Morgan fingerprint density at radius 3 is 1.33 bits per heavy atom. The maximum Gasteiger partial charge on any atom is 0.314 e. The van der Waals surface area contributed by atoms with Crippen molar-refractivity contribution in [1.29, 1.82) is 0 Å². The average Bonchev–Trinajstić information content (AvgIpc) is 1.97. The molecule has 0 heterocycles. The largest absolute Gasteiger partial charge is 0.344 e. The first kappa shape index (κ1) is 22.5. The van der Waals surface area contributed by atoms with Gasteiger partial charge in [0.25, 0.3) is 0 Å². The van der Waals surface area contributed by atoms with E-state index in [1.165, 1.54) is 36.8 Å². The standard InChI is InChI=1S/C8H10.C4H8.2H3N.H3O3P/c1-7-4-3-5-8(2)6-7;1-2-4-3-1;;;1-4(2)3/h3-6H,1-2H3;1-4H2;2*1H3;4H,(H2,1,2,3). The van der Waals surface area contributed by atoms with Crippen molar-refractivity contribution in [3.05, 3.63) is 35.4 Å². The highest BCUT2D eigenvalue weighted by atomic mass is 31.1. The van der Waals surface area contributed by atoms with E-state index in [-0.39, 0.29) is 12.3 Å². The van der Waals surface area contributed by atoms with E-state index in [4.69, 9.17) is 14.4 Å². The minimum Gasteiger partial charge on any atom is -0.344 e. The molecule has 6 heteroatoms. The van der Waals surface area contributed by atoms with Crippen molar-refractivity contribution in [3.63, 3.8) is 0 Å². The second-order valence-electron chi connectivity index (χ2n) is 3.85. The molecule has 1 aliphatic carbocycles. The Bertz CT molecular complexity index is 293. The van der Waals surface area contributed by atoms with Gasteiger partial charge in [-0.05, 0) is 13.8 Å². The number of aryl methyl sites for hydroxylation is 2. The van der Waals surface area contributed by atoms with Crippen molar-refractivity contribution in [1.82, 2.24) is 12.3 Å². The summed E-state index contributed by atoms with van der Waals surface area (Å²) in [5, 5.41) is 0. The Balaban J connectivity index is -0.000000195. The molecular weight excluding hydrogens is 251 g/mol. The molecule has 8 N–H and O–H groups in total. The third-order valence-corrected chi connectivity index (χ3v) is 2.17. The van der Waals surface area contributed by atoms with Crippen LogP contribution in [0.3, 0.4) is 0 Å². The van der Waals surface area contributed by atoms with Crippen molar-refractivity contribution in [2.24, 2.45) is 0 Å². The average molecular weight is 278 g/mol. The van der Waals surface area contributed by atoms with Gasteiger partial charge in [0.05, 0.1) is 0 Å². The molecule has 0 saturated heterocycles. The first-order valence-corrected chi connectivity index (χ1v) is 6.78. The molecule has 1 aliphatic rings. The van der Waals surface area contributed by atoms with E-state index in [1.807, 2.05) is 0 Å². The lowest BCUT2D eigenvalue weighted by Crippen LogP contribution is -1.85. The van der Waals surface area contributed by atoms with Gasteiger partial charge < -0.3 is 22.1 Å². The van der Waals surface area contributed by atoms with Crippen LogP contribution in [0.2, 0.25) is 0 Å². The molecule has 0 unspecified atom stereocenters. The van der Waals surface area contributed by atoms with Crippen LogP contribution in [-0.4, -0.2) is 9.79 Å². The van der Waals surface area contributed by atoms with Crippen LogP contribution < -0.4 is 12.3 Å². The van der Waals surface area contributed by atoms with Crippen molar-refractivity contribution < 1.29 is 14.4 Å². The molecule has 18 heavy (non-hydrogen) atoms. The number of hydrogen-bond acceptors (Lipinski definition) is 3. The second kappa shape index (κ2) is 14.4.